The highest BCUT2D eigenvalue weighted by Crippen LogP contribution is 2.38. The lowest BCUT2D eigenvalue weighted by atomic mass is 9.71. The summed E-state index contributed by atoms with van der Waals surface area (Å²) in [5.74, 6) is -0.362. The van der Waals surface area contributed by atoms with Gasteiger partial charge in [0, 0.05) is 16.3 Å². The van der Waals surface area contributed by atoms with Crippen molar-refractivity contribution in [1.29, 1.82) is 0 Å². The van der Waals surface area contributed by atoms with Gasteiger partial charge in [0.2, 0.25) is 0 Å². The Kier molecular flexibility index (Phi) is 4.71. The van der Waals surface area contributed by atoms with Crippen LogP contribution in [-0.4, -0.2) is 23.5 Å². The van der Waals surface area contributed by atoms with Gasteiger partial charge in [-0.25, -0.2) is 0 Å². The van der Waals surface area contributed by atoms with Crippen molar-refractivity contribution in [3.05, 3.63) is 21.4 Å². The van der Waals surface area contributed by atoms with E-state index in [-0.39, 0.29) is 12.5 Å². The average molecular weight is 309 g/mol. The van der Waals surface area contributed by atoms with E-state index >= 15 is 0 Å². The maximum Gasteiger partial charge on any atom is 0.311 e. The number of carboxylic acids is 1. The monoisotopic (exact) mass is 309 g/mol. The molecule has 1 aliphatic carbocycles. The average Bonchev–Trinajstić information content (AvgIpc) is 2.77. The summed E-state index contributed by atoms with van der Waals surface area (Å²) in [5.41, 5.74) is -0.122. The highest BCUT2D eigenvalue weighted by atomic mass is 32.1. The van der Waals surface area contributed by atoms with Crippen LogP contribution in [0.2, 0.25) is 0 Å². The Morgan fingerprint density at radius 2 is 2.00 bits per heavy atom. The van der Waals surface area contributed by atoms with Crippen molar-refractivity contribution in [1.82, 2.24) is 5.32 Å². The zero-order valence-corrected chi connectivity index (χ0v) is 13.7. The van der Waals surface area contributed by atoms with Crippen LogP contribution in [0, 0.1) is 25.2 Å². The number of amides is 1. The van der Waals surface area contributed by atoms with Crippen LogP contribution in [-0.2, 0) is 4.79 Å². The molecule has 1 fully saturated rings. The van der Waals surface area contributed by atoms with Gasteiger partial charge in [0.25, 0.3) is 5.91 Å². The molecule has 1 aromatic heterocycles. The molecule has 0 radical (unpaired) electrons. The molecule has 1 saturated carbocycles. The molecule has 21 heavy (non-hydrogen) atoms. The van der Waals surface area contributed by atoms with Crippen LogP contribution < -0.4 is 5.32 Å². The van der Waals surface area contributed by atoms with E-state index in [9.17, 15) is 14.7 Å². The first-order valence-electron chi connectivity index (χ1n) is 7.43. The van der Waals surface area contributed by atoms with Crippen molar-refractivity contribution in [2.24, 2.45) is 11.3 Å². The molecule has 0 spiro atoms. The van der Waals surface area contributed by atoms with E-state index < -0.39 is 11.4 Å². The molecule has 0 atom stereocenters. The van der Waals surface area contributed by atoms with Gasteiger partial charge in [-0.2, -0.15) is 0 Å². The minimum atomic E-state index is -0.791. The van der Waals surface area contributed by atoms with Crippen LogP contribution in [0.4, 0.5) is 0 Å². The molecule has 2 rings (SSSR count). The fraction of sp³-hybridized carbons (Fsp3) is 0.625. The molecule has 1 amide bonds. The van der Waals surface area contributed by atoms with Gasteiger partial charge in [0.1, 0.15) is 0 Å². The number of carbonyl (C=O) groups excluding carboxylic acids is 1. The van der Waals surface area contributed by atoms with Gasteiger partial charge in [-0.1, -0.05) is 6.92 Å². The summed E-state index contributed by atoms with van der Waals surface area (Å²) in [5, 5.41) is 12.4. The molecule has 1 aromatic rings. The van der Waals surface area contributed by atoms with Crippen molar-refractivity contribution in [2.75, 3.05) is 6.54 Å². The van der Waals surface area contributed by atoms with Gasteiger partial charge in [-0.3, -0.25) is 9.59 Å². The van der Waals surface area contributed by atoms with E-state index in [1.165, 1.54) is 0 Å². The highest BCUT2D eigenvalue weighted by Gasteiger charge is 2.41. The Balaban J connectivity index is 2.04. The number of thiophene rings is 1. The molecule has 0 bridgehead atoms. The van der Waals surface area contributed by atoms with Crippen LogP contribution in [0.15, 0.2) is 6.07 Å². The number of carboxylic acid groups (broad SMARTS) is 1. The fourth-order valence-electron chi connectivity index (χ4n) is 2.98. The van der Waals surface area contributed by atoms with Gasteiger partial charge in [0.15, 0.2) is 0 Å². The third kappa shape index (κ3) is 3.46. The molecular weight excluding hydrogens is 286 g/mol. The number of rotatable bonds is 4. The summed E-state index contributed by atoms with van der Waals surface area (Å²) in [7, 11) is 0. The first-order valence-corrected chi connectivity index (χ1v) is 8.24. The standard InChI is InChI=1S/C16H23NO3S/c1-10-4-6-16(7-5-10,15(19)20)9-17-14(18)13-8-11(2)21-12(13)3/h8,10H,4-7,9H2,1-3H3,(H,17,18)(H,19,20). The summed E-state index contributed by atoms with van der Waals surface area (Å²) in [6.07, 6.45) is 3.12. The molecule has 2 N–H and O–H groups in total. The third-order valence-corrected chi connectivity index (χ3v) is 5.52. The Bertz CT molecular complexity index is 542. The Labute approximate surface area is 129 Å². The molecule has 1 heterocycles. The van der Waals surface area contributed by atoms with Crippen LogP contribution in [0.5, 0.6) is 0 Å². The van der Waals surface area contributed by atoms with Crippen LogP contribution in [0.3, 0.4) is 0 Å². The predicted octanol–water partition coefficient (Wildman–Crippen LogP) is 3.38. The van der Waals surface area contributed by atoms with Crippen molar-refractivity contribution in [3.63, 3.8) is 0 Å². The van der Waals surface area contributed by atoms with Crippen molar-refractivity contribution < 1.29 is 14.7 Å². The minimum Gasteiger partial charge on any atom is -0.481 e. The molecule has 116 valence electrons. The number of hydrogen-bond donors (Lipinski definition) is 2. The number of aryl methyl sites for hydroxylation is 2. The Morgan fingerprint density at radius 3 is 2.48 bits per heavy atom. The third-order valence-electron chi connectivity index (χ3n) is 4.56. The SMILES string of the molecule is Cc1cc(C(=O)NCC2(C(=O)O)CCC(C)CC2)c(C)s1. The second kappa shape index (κ2) is 6.18. The van der Waals surface area contributed by atoms with Crippen molar-refractivity contribution in [2.45, 2.75) is 46.5 Å². The number of aliphatic carboxylic acids is 1. The van der Waals surface area contributed by atoms with Crippen molar-refractivity contribution in [3.8, 4) is 0 Å². The first-order chi connectivity index (χ1) is 9.84. The van der Waals surface area contributed by atoms with E-state index in [1.54, 1.807) is 11.3 Å². The van der Waals surface area contributed by atoms with Gasteiger partial charge in [-0.15, -0.1) is 11.3 Å². The van der Waals surface area contributed by atoms with E-state index in [2.05, 4.69) is 12.2 Å². The number of carbonyl (C=O) groups is 2. The molecule has 5 heteroatoms. The summed E-state index contributed by atoms with van der Waals surface area (Å²) in [6, 6.07) is 1.87. The minimum absolute atomic E-state index is 0.156. The maximum absolute atomic E-state index is 12.3. The molecular formula is C16H23NO3S. The summed E-state index contributed by atoms with van der Waals surface area (Å²) >= 11 is 1.59. The second-order valence-electron chi connectivity index (χ2n) is 6.28. The zero-order valence-electron chi connectivity index (χ0n) is 12.9. The van der Waals surface area contributed by atoms with Crippen LogP contribution in [0.1, 0.15) is 52.7 Å². The molecule has 4 nitrogen and oxygen atoms in total. The molecule has 1 aliphatic rings. The molecule has 0 aromatic carbocycles. The number of hydrogen-bond acceptors (Lipinski definition) is 3. The van der Waals surface area contributed by atoms with Gasteiger partial charge in [-0.05, 0) is 51.5 Å². The fourth-order valence-corrected chi connectivity index (χ4v) is 3.90. The van der Waals surface area contributed by atoms with Gasteiger partial charge >= 0.3 is 5.97 Å². The largest absolute Gasteiger partial charge is 0.481 e. The van der Waals surface area contributed by atoms with E-state index in [0.717, 1.165) is 22.6 Å². The Morgan fingerprint density at radius 1 is 1.38 bits per heavy atom. The summed E-state index contributed by atoms with van der Waals surface area (Å²) < 4.78 is 0. The van der Waals surface area contributed by atoms with E-state index in [1.807, 2.05) is 19.9 Å². The van der Waals surface area contributed by atoms with Crippen molar-refractivity contribution >= 4 is 23.2 Å². The van der Waals surface area contributed by atoms with E-state index in [0.29, 0.717) is 24.3 Å². The molecule has 0 aliphatic heterocycles. The topological polar surface area (TPSA) is 66.4 Å². The quantitative estimate of drug-likeness (QED) is 0.896. The lowest BCUT2D eigenvalue weighted by Crippen LogP contribution is -2.45. The lowest BCUT2D eigenvalue weighted by molar-refractivity contribution is -0.151. The lowest BCUT2D eigenvalue weighted by Gasteiger charge is -2.35. The molecule has 0 unspecified atom stereocenters. The van der Waals surface area contributed by atoms with Gasteiger partial charge in [0.05, 0.1) is 11.0 Å². The first kappa shape index (κ1) is 16.0. The predicted molar refractivity (Wildman–Crippen MR) is 83.8 cm³/mol. The second-order valence-corrected chi connectivity index (χ2v) is 7.74. The highest BCUT2D eigenvalue weighted by molar-refractivity contribution is 7.12. The van der Waals surface area contributed by atoms with E-state index in [4.69, 9.17) is 0 Å². The summed E-state index contributed by atoms with van der Waals surface area (Å²) in [4.78, 5) is 26.0. The van der Waals surface area contributed by atoms with Crippen LogP contribution >= 0.6 is 11.3 Å². The maximum atomic E-state index is 12.3. The smallest absolute Gasteiger partial charge is 0.311 e. The summed E-state index contributed by atoms with van der Waals surface area (Å²) in [6.45, 7) is 6.27. The number of nitrogens with one attached hydrogen (secondary N) is 1. The molecule has 0 saturated heterocycles. The Hall–Kier alpha value is -1.36. The van der Waals surface area contributed by atoms with Crippen LogP contribution in [0.25, 0.3) is 0 Å². The van der Waals surface area contributed by atoms with Gasteiger partial charge < -0.3 is 10.4 Å². The normalized spacial score (nSPS) is 25.6. The zero-order chi connectivity index (χ0) is 15.6.